The van der Waals surface area contributed by atoms with Gasteiger partial charge in [-0.15, -0.1) is 0 Å². The minimum atomic E-state index is -1.11. The summed E-state index contributed by atoms with van der Waals surface area (Å²) in [7, 11) is 0. The summed E-state index contributed by atoms with van der Waals surface area (Å²) in [6.45, 7) is 10.1. The molecule has 6 heteroatoms. The van der Waals surface area contributed by atoms with Crippen LogP contribution in [0.25, 0.3) is 0 Å². The zero-order valence-corrected chi connectivity index (χ0v) is 11.0. The van der Waals surface area contributed by atoms with Crippen molar-refractivity contribution in [1.29, 1.82) is 0 Å². The second kappa shape index (κ2) is 11.3. The fourth-order valence-electron chi connectivity index (χ4n) is 1.09. The number of carbonyl (C=O) groups is 2. The fourth-order valence-corrected chi connectivity index (χ4v) is 1.09. The van der Waals surface area contributed by atoms with Crippen molar-refractivity contribution in [2.24, 2.45) is 11.5 Å². The molecule has 0 spiro atoms. The second-order valence-corrected chi connectivity index (χ2v) is 3.57. The number of nitrogens with two attached hydrogens (primary N) is 2. The van der Waals surface area contributed by atoms with Crippen molar-refractivity contribution in [1.82, 2.24) is 4.90 Å². The summed E-state index contributed by atoms with van der Waals surface area (Å²) in [5.74, 6) is -1.64. The molecule has 17 heavy (non-hydrogen) atoms. The van der Waals surface area contributed by atoms with Gasteiger partial charge < -0.3 is 21.5 Å². The molecule has 0 aromatic rings. The average molecular weight is 247 g/mol. The maximum atomic E-state index is 10.1. The number of hydrogen-bond acceptors (Lipinski definition) is 4. The van der Waals surface area contributed by atoms with Crippen LogP contribution in [0.2, 0.25) is 0 Å². The molecule has 0 aliphatic heterocycles. The number of amides is 1. The molecule has 6 nitrogen and oxygen atoms in total. The van der Waals surface area contributed by atoms with Crippen molar-refractivity contribution >= 4 is 11.9 Å². The lowest BCUT2D eigenvalue weighted by Gasteiger charge is -2.13. The largest absolute Gasteiger partial charge is 0.480 e. The summed E-state index contributed by atoms with van der Waals surface area (Å²) < 4.78 is 0. The van der Waals surface area contributed by atoms with E-state index in [2.05, 4.69) is 25.7 Å². The van der Waals surface area contributed by atoms with Crippen molar-refractivity contribution < 1.29 is 14.7 Å². The van der Waals surface area contributed by atoms with Gasteiger partial charge in [0.15, 0.2) is 0 Å². The molecule has 0 saturated heterocycles. The van der Waals surface area contributed by atoms with E-state index in [1.807, 2.05) is 0 Å². The molecule has 1 amide bonds. The number of aliphatic carboxylic acids is 1. The van der Waals surface area contributed by atoms with Crippen LogP contribution >= 0.6 is 0 Å². The van der Waals surface area contributed by atoms with Gasteiger partial charge in [-0.3, -0.25) is 9.59 Å². The molecule has 0 aliphatic carbocycles. The quantitative estimate of drug-likeness (QED) is 0.587. The number of hydrogen-bond donors (Lipinski definition) is 3. The van der Waals surface area contributed by atoms with Gasteiger partial charge in [-0.2, -0.15) is 0 Å². The number of carboxylic acid groups (broad SMARTS) is 1. The van der Waals surface area contributed by atoms with Crippen LogP contribution in [0.3, 0.4) is 0 Å². The maximum Gasteiger partial charge on any atom is 0.320 e. The smallest absolute Gasteiger partial charge is 0.320 e. The highest BCUT2D eigenvalue weighted by Crippen LogP contribution is 1.92. The molecule has 0 rings (SSSR count). The first kappa shape index (κ1) is 18.2. The number of nitrogens with zero attached hydrogens (tertiary/aromatic N) is 1. The SMILES string of the molecule is CCN(CC)CC.NC(=O)CCC(N)C(=O)O. The lowest BCUT2D eigenvalue weighted by atomic mass is 10.2. The van der Waals surface area contributed by atoms with E-state index in [0.717, 1.165) is 0 Å². The van der Waals surface area contributed by atoms with Gasteiger partial charge in [-0.25, -0.2) is 0 Å². The van der Waals surface area contributed by atoms with E-state index >= 15 is 0 Å². The van der Waals surface area contributed by atoms with Crippen LogP contribution in [0, 0.1) is 0 Å². The molecule has 0 radical (unpaired) electrons. The molecule has 102 valence electrons. The van der Waals surface area contributed by atoms with Gasteiger partial charge in [0.25, 0.3) is 0 Å². The molecule has 0 aromatic carbocycles. The number of carboxylic acids is 1. The highest BCUT2D eigenvalue weighted by atomic mass is 16.4. The Hall–Kier alpha value is -1.14. The maximum absolute atomic E-state index is 10.1. The summed E-state index contributed by atoms with van der Waals surface area (Å²) in [5.41, 5.74) is 9.81. The predicted octanol–water partition coefficient (Wildman–Crippen LogP) is 0.0119. The fraction of sp³-hybridized carbons (Fsp3) is 0.818. The van der Waals surface area contributed by atoms with Gasteiger partial charge in [0.1, 0.15) is 6.04 Å². The molecule has 5 N–H and O–H groups in total. The van der Waals surface area contributed by atoms with Crippen molar-refractivity contribution in [3.63, 3.8) is 0 Å². The monoisotopic (exact) mass is 247 g/mol. The zero-order valence-electron chi connectivity index (χ0n) is 11.0. The van der Waals surface area contributed by atoms with E-state index in [0.29, 0.717) is 0 Å². The third-order valence-electron chi connectivity index (χ3n) is 2.36. The Morgan fingerprint density at radius 2 is 1.59 bits per heavy atom. The summed E-state index contributed by atoms with van der Waals surface area (Å²) >= 11 is 0. The van der Waals surface area contributed by atoms with Crippen LogP contribution in [0.1, 0.15) is 33.6 Å². The second-order valence-electron chi connectivity index (χ2n) is 3.57. The van der Waals surface area contributed by atoms with E-state index in [1.165, 1.54) is 19.6 Å². The minimum Gasteiger partial charge on any atom is -0.480 e. The minimum absolute atomic E-state index is 0.0213. The molecule has 1 unspecified atom stereocenters. The molecule has 1 atom stereocenters. The molecule has 0 aromatic heterocycles. The van der Waals surface area contributed by atoms with Crippen molar-refractivity contribution in [3.05, 3.63) is 0 Å². The van der Waals surface area contributed by atoms with Crippen LogP contribution in [0.4, 0.5) is 0 Å². The first-order valence-electron chi connectivity index (χ1n) is 5.87. The summed E-state index contributed by atoms with van der Waals surface area (Å²) in [6, 6.07) is -0.979. The van der Waals surface area contributed by atoms with Crippen molar-refractivity contribution in [2.45, 2.75) is 39.7 Å². The molecule has 0 heterocycles. The number of rotatable bonds is 7. The standard InChI is InChI=1S/C6H15N.C5H10N2O3/c1-4-7(5-2)6-3;6-3(5(9)10)1-2-4(7)8/h4-6H2,1-3H3;3H,1-2,6H2,(H2,7,8)(H,9,10). The molecular weight excluding hydrogens is 222 g/mol. The molecule has 0 bridgehead atoms. The summed E-state index contributed by atoms with van der Waals surface area (Å²) in [6.07, 6.45) is 0.123. The van der Waals surface area contributed by atoms with Crippen molar-refractivity contribution in [3.8, 4) is 0 Å². The van der Waals surface area contributed by atoms with Crippen LogP contribution < -0.4 is 11.5 Å². The van der Waals surface area contributed by atoms with E-state index in [4.69, 9.17) is 16.6 Å². The Bertz CT molecular complexity index is 212. The van der Waals surface area contributed by atoms with Gasteiger partial charge in [-0.1, -0.05) is 20.8 Å². The first-order valence-corrected chi connectivity index (χ1v) is 5.87. The number of carbonyl (C=O) groups excluding carboxylic acids is 1. The van der Waals surface area contributed by atoms with Crippen LogP contribution in [0.5, 0.6) is 0 Å². The molecule has 0 fully saturated rings. The normalized spacial score (nSPS) is 11.6. The van der Waals surface area contributed by atoms with E-state index in [1.54, 1.807) is 0 Å². The van der Waals surface area contributed by atoms with Gasteiger partial charge in [0.05, 0.1) is 0 Å². The average Bonchev–Trinajstić information content (AvgIpc) is 2.28. The van der Waals surface area contributed by atoms with Gasteiger partial charge in [0, 0.05) is 6.42 Å². The number of primary amides is 1. The predicted molar refractivity (Wildman–Crippen MR) is 67.5 cm³/mol. The Morgan fingerprint density at radius 3 is 1.76 bits per heavy atom. The lowest BCUT2D eigenvalue weighted by molar-refractivity contribution is -0.138. The first-order chi connectivity index (χ1) is 7.88. The topological polar surface area (TPSA) is 110 Å². The highest BCUT2D eigenvalue weighted by molar-refractivity contribution is 5.76. The highest BCUT2D eigenvalue weighted by Gasteiger charge is 2.11. The van der Waals surface area contributed by atoms with Crippen LogP contribution in [-0.2, 0) is 9.59 Å². The third-order valence-corrected chi connectivity index (χ3v) is 2.36. The van der Waals surface area contributed by atoms with Gasteiger partial charge in [0.2, 0.25) is 5.91 Å². The summed E-state index contributed by atoms with van der Waals surface area (Å²) in [4.78, 5) is 22.5. The van der Waals surface area contributed by atoms with E-state index in [9.17, 15) is 9.59 Å². The molecule has 0 aliphatic rings. The third kappa shape index (κ3) is 12.8. The Morgan fingerprint density at radius 1 is 1.18 bits per heavy atom. The lowest BCUT2D eigenvalue weighted by Crippen LogP contribution is -2.31. The van der Waals surface area contributed by atoms with E-state index in [-0.39, 0.29) is 12.8 Å². The Labute approximate surface area is 103 Å². The van der Waals surface area contributed by atoms with Gasteiger partial charge >= 0.3 is 5.97 Å². The summed E-state index contributed by atoms with van der Waals surface area (Å²) in [5, 5.41) is 8.22. The Balaban J connectivity index is 0. The Kier molecular flexibility index (Phi) is 12.2. The van der Waals surface area contributed by atoms with Gasteiger partial charge in [-0.05, 0) is 26.1 Å². The van der Waals surface area contributed by atoms with Crippen LogP contribution in [0.15, 0.2) is 0 Å². The zero-order chi connectivity index (χ0) is 13.8. The molecular formula is C11H25N3O3. The van der Waals surface area contributed by atoms with Crippen LogP contribution in [-0.4, -0.2) is 47.6 Å². The van der Waals surface area contributed by atoms with E-state index < -0.39 is 17.9 Å². The van der Waals surface area contributed by atoms with Crippen molar-refractivity contribution in [2.75, 3.05) is 19.6 Å². The molecule has 0 saturated carbocycles.